The monoisotopic (exact) mass is 495 g/mol. The summed E-state index contributed by atoms with van der Waals surface area (Å²) in [7, 11) is 0. The van der Waals surface area contributed by atoms with Crippen LogP contribution in [-0.4, -0.2) is 42.6 Å². The summed E-state index contributed by atoms with van der Waals surface area (Å²) >= 11 is 0. The normalized spacial score (nSPS) is 15.2. The molecule has 3 N–H and O–H groups in total. The first kappa shape index (κ1) is 24.2. The van der Waals surface area contributed by atoms with Gasteiger partial charge < -0.3 is 16.0 Å². The Morgan fingerprint density at radius 1 is 1.19 bits per heavy atom. The molecule has 0 radical (unpaired) electrons. The number of imidazole rings is 1. The lowest BCUT2D eigenvalue weighted by molar-refractivity contribution is -0.127. The highest BCUT2D eigenvalue weighted by molar-refractivity contribution is 6.04. The molecule has 1 saturated heterocycles. The van der Waals surface area contributed by atoms with Gasteiger partial charge >= 0.3 is 0 Å². The van der Waals surface area contributed by atoms with Crippen molar-refractivity contribution in [3.8, 4) is 11.3 Å². The topological polar surface area (TPSA) is 119 Å². The van der Waals surface area contributed by atoms with Crippen molar-refractivity contribution in [1.29, 1.82) is 0 Å². The SMILES string of the molecule is C=CC(=O)N1CCCC1c1nc(-c2ccc(C(=O)Nc3cc(CCC)ccn3)cc2)c2c(N)nccn12. The molecule has 4 heterocycles. The lowest BCUT2D eigenvalue weighted by Gasteiger charge is -2.22. The number of hydrogen-bond donors (Lipinski definition) is 2. The zero-order valence-corrected chi connectivity index (χ0v) is 20.7. The van der Waals surface area contributed by atoms with Crippen molar-refractivity contribution in [2.45, 2.75) is 38.6 Å². The number of benzene rings is 1. The van der Waals surface area contributed by atoms with Crippen LogP contribution in [0.3, 0.4) is 0 Å². The molecule has 9 nitrogen and oxygen atoms in total. The fourth-order valence-corrected chi connectivity index (χ4v) is 4.89. The highest BCUT2D eigenvalue weighted by atomic mass is 16.2. The number of rotatable bonds is 7. The first-order chi connectivity index (χ1) is 18.0. The van der Waals surface area contributed by atoms with Gasteiger partial charge in [0.1, 0.15) is 28.7 Å². The number of nitrogen functional groups attached to an aromatic ring is 1. The standard InChI is InChI=1S/C28H29N7O2/c1-3-6-18-12-13-30-22(17-18)32-28(37)20-10-8-19(9-11-20)24-25-26(29)31-14-16-35(25)27(33-24)21-7-5-15-34(21)23(36)4-2/h4,8-14,16-17,21H,2-3,5-7,15H2,1H3,(H2,29,31)(H,30,32,37). The van der Waals surface area contributed by atoms with Crippen molar-refractivity contribution in [1.82, 2.24) is 24.3 Å². The van der Waals surface area contributed by atoms with E-state index in [1.165, 1.54) is 6.08 Å². The molecule has 1 atom stereocenters. The largest absolute Gasteiger partial charge is 0.382 e. The third kappa shape index (κ3) is 4.67. The van der Waals surface area contributed by atoms with Gasteiger partial charge in [0.05, 0.1) is 6.04 Å². The van der Waals surface area contributed by atoms with E-state index >= 15 is 0 Å². The molecule has 0 spiro atoms. The number of nitrogens with zero attached hydrogens (tertiary/aromatic N) is 5. The van der Waals surface area contributed by atoms with Crippen molar-refractivity contribution in [2.24, 2.45) is 0 Å². The van der Waals surface area contributed by atoms with Crippen molar-refractivity contribution >= 4 is 29.0 Å². The van der Waals surface area contributed by atoms with Crippen LogP contribution in [0.15, 0.2) is 67.6 Å². The average molecular weight is 496 g/mol. The second kappa shape index (κ2) is 10.2. The second-order valence-corrected chi connectivity index (χ2v) is 9.07. The number of likely N-dealkylation sites (tertiary alicyclic amines) is 1. The minimum absolute atomic E-state index is 0.118. The van der Waals surface area contributed by atoms with Crippen LogP contribution in [0.2, 0.25) is 0 Å². The Morgan fingerprint density at radius 3 is 2.76 bits per heavy atom. The van der Waals surface area contributed by atoms with Crippen LogP contribution in [0.5, 0.6) is 0 Å². The maximum absolute atomic E-state index is 12.9. The van der Waals surface area contributed by atoms with Crippen LogP contribution in [0, 0.1) is 0 Å². The smallest absolute Gasteiger partial charge is 0.256 e. The fourth-order valence-electron chi connectivity index (χ4n) is 4.89. The molecule has 1 unspecified atom stereocenters. The Kier molecular flexibility index (Phi) is 6.68. The number of amides is 2. The Balaban J connectivity index is 1.45. The summed E-state index contributed by atoms with van der Waals surface area (Å²) in [6.45, 7) is 6.40. The van der Waals surface area contributed by atoms with Crippen LogP contribution in [0.25, 0.3) is 16.8 Å². The minimum Gasteiger partial charge on any atom is -0.382 e. The summed E-state index contributed by atoms with van der Waals surface area (Å²) in [4.78, 5) is 40.6. The van der Waals surface area contributed by atoms with E-state index in [2.05, 4.69) is 28.8 Å². The summed E-state index contributed by atoms with van der Waals surface area (Å²) in [6, 6.07) is 10.9. The van der Waals surface area contributed by atoms with Gasteiger partial charge in [0.2, 0.25) is 5.91 Å². The Morgan fingerprint density at radius 2 is 2.00 bits per heavy atom. The van der Waals surface area contributed by atoms with Gasteiger partial charge in [-0.15, -0.1) is 0 Å². The summed E-state index contributed by atoms with van der Waals surface area (Å²) in [6.07, 6.45) is 10.1. The molecule has 5 rings (SSSR count). The van der Waals surface area contributed by atoms with Crippen LogP contribution < -0.4 is 11.1 Å². The summed E-state index contributed by atoms with van der Waals surface area (Å²) in [5, 5.41) is 2.87. The summed E-state index contributed by atoms with van der Waals surface area (Å²) < 4.78 is 1.91. The molecule has 2 amide bonds. The van der Waals surface area contributed by atoms with E-state index in [1.54, 1.807) is 29.4 Å². The van der Waals surface area contributed by atoms with Gasteiger partial charge in [0.25, 0.3) is 5.91 Å². The summed E-state index contributed by atoms with van der Waals surface area (Å²) in [5.74, 6) is 1.24. The van der Waals surface area contributed by atoms with Crippen molar-refractivity contribution in [3.63, 3.8) is 0 Å². The zero-order valence-electron chi connectivity index (χ0n) is 20.7. The lowest BCUT2D eigenvalue weighted by atomic mass is 10.1. The van der Waals surface area contributed by atoms with Gasteiger partial charge in [-0.2, -0.15) is 0 Å². The van der Waals surface area contributed by atoms with Gasteiger partial charge in [-0.25, -0.2) is 15.0 Å². The van der Waals surface area contributed by atoms with Crippen molar-refractivity contribution in [3.05, 3.63) is 84.6 Å². The van der Waals surface area contributed by atoms with E-state index in [4.69, 9.17) is 10.7 Å². The molecule has 0 bridgehead atoms. The van der Waals surface area contributed by atoms with E-state index in [0.717, 1.165) is 42.6 Å². The van der Waals surface area contributed by atoms with Gasteiger partial charge in [-0.1, -0.05) is 32.1 Å². The fraction of sp³-hybridized carbons (Fsp3) is 0.250. The molecule has 37 heavy (non-hydrogen) atoms. The molecule has 3 aromatic heterocycles. The Bertz CT molecular complexity index is 1480. The number of nitrogens with two attached hydrogens (primary N) is 1. The summed E-state index contributed by atoms with van der Waals surface area (Å²) in [5.41, 5.74) is 10.0. The minimum atomic E-state index is -0.242. The van der Waals surface area contributed by atoms with Gasteiger partial charge in [0.15, 0.2) is 0 Å². The van der Waals surface area contributed by atoms with E-state index in [9.17, 15) is 9.59 Å². The number of carbonyl (C=O) groups excluding carboxylic acids is 2. The second-order valence-electron chi connectivity index (χ2n) is 9.07. The molecule has 1 fully saturated rings. The van der Waals surface area contributed by atoms with Crippen LogP contribution in [0.4, 0.5) is 11.6 Å². The number of aryl methyl sites for hydroxylation is 1. The molecule has 1 aromatic carbocycles. The quantitative estimate of drug-likeness (QED) is 0.366. The number of aromatic nitrogens is 4. The average Bonchev–Trinajstić information content (AvgIpc) is 3.54. The van der Waals surface area contributed by atoms with E-state index in [0.29, 0.717) is 35.0 Å². The number of anilines is 2. The Hall–Kier alpha value is -4.53. The Labute approximate surface area is 215 Å². The predicted molar refractivity (Wildman–Crippen MR) is 143 cm³/mol. The third-order valence-corrected chi connectivity index (χ3v) is 6.64. The maximum atomic E-state index is 12.9. The number of pyridine rings is 1. The van der Waals surface area contributed by atoms with Gasteiger partial charge in [-0.3, -0.25) is 14.0 Å². The van der Waals surface area contributed by atoms with Crippen LogP contribution in [0.1, 0.15) is 54.0 Å². The molecule has 1 aliphatic heterocycles. The highest BCUT2D eigenvalue weighted by Crippen LogP contribution is 2.36. The highest BCUT2D eigenvalue weighted by Gasteiger charge is 2.33. The van der Waals surface area contributed by atoms with Crippen LogP contribution >= 0.6 is 0 Å². The van der Waals surface area contributed by atoms with E-state index in [-0.39, 0.29) is 17.9 Å². The third-order valence-electron chi connectivity index (χ3n) is 6.64. The maximum Gasteiger partial charge on any atom is 0.256 e. The molecule has 0 saturated carbocycles. The van der Waals surface area contributed by atoms with Crippen molar-refractivity contribution in [2.75, 3.05) is 17.6 Å². The van der Waals surface area contributed by atoms with Crippen molar-refractivity contribution < 1.29 is 9.59 Å². The first-order valence-electron chi connectivity index (χ1n) is 12.4. The number of carbonyl (C=O) groups is 2. The van der Waals surface area contributed by atoms with E-state index in [1.807, 2.05) is 34.9 Å². The lowest BCUT2D eigenvalue weighted by Crippen LogP contribution is -2.29. The molecule has 4 aromatic rings. The molecule has 9 heteroatoms. The molecular formula is C28H29N7O2. The predicted octanol–water partition coefficient (Wildman–Crippen LogP) is 4.43. The van der Waals surface area contributed by atoms with Crippen LogP contribution in [-0.2, 0) is 11.2 Å². The molecule has 188 valence electrons. The number of nitrogens with one attached hydrogen (secondary N) is 1. The van der Waals surface area contributed by atoms with Gasteiger partial charge in [-0.05, 0) is 55.2 Å². The number of hydrogen-bond acceptors (Lipinski definition) is 6. The zero-order chi connectivity index (χ0) is 25.9. The first-order valence-corrected chi connectivity index (χ1v) is 12.4. The molecule has 0 aliphatic carbocycles. The molecular weight excluding hydrogens is 466 g/mol. The van der Waals surface area contributed by atoms with Gasteiger partial charge in [0, 0.05) is 36.3 Å². The molecule has 1 aliphatic rings. The number of fused-ring (bicyclic) bond motifs is 1. The van der Waals surface area contributed by atoms with E-state index < -0.39 is 0 Å².